The van der Waals surface area contributed by atoms with Crippen LogP contribution in [0.15, 0.2) is 39.8 Å². The number of nitrogens with zero attached hydrogens (tertiary/aromatic N) is 1. The minimum Gasteiger partial charge on any atom is -0.434 e. The molecule has 26 heavy (non-hydrogen) atoms. The summed E-state index contributed by atoms with van der Waals surface area (Å²) in [6.07, 6.45) is 1.30. The highest BCUT2D eigenvalue weighted by atomic mass is 79.9. The summed E-state index contributed by atoms with van der Waals surface area (Å²) < 4.78 is 57.1. The predicted molar refractivity (Wildman–Crippen MR) is 93.6 cm³/mol. The van der Waals surface area contributed by atoms with Crippen LogP contribution in [0.2, 0.25) is 0 Å². The number of ether oxygens (including phenoxy) is 1. The molecule has 0 aliphatic rings. The lowest BCUT2D eigenvalue weighted by Gasteiger charge is -2.12. The van der Waals surface area contributed by atoms with E-state index in [4.69, 9.17) is 0 Å². The fourth-order valence-corrected chi connectivity index (χ4v) is 3.40. The van der Waals surface area contributed by atoms with Gasteiger partial charge in [0.1, 0.15) is 16.3 Å². The van der Waals surface area contributed by atoms with Gasteiger partial charge in [0.05, 0.1) is 0 Å². The molecule has 1 amide bonds. The number of amides is 1. The quantitative estimate of drug-likeness (QED) is 0.675. The van der Waals surface area contributed by atoms with E-state index in [1.54, 1.807) is 6.07 Å². The number of nitrogens with one attached hydrogen (secondary N) is 2. The van der Waals surface area contributed by atoms with Gasteiger partial charge in [0.2, 0.25) is 10.0 Å². The Morgan fingerprint density at radius 3 is 2.65 bits per heavy atom. The van der Waals surface area contributed by atoms with E-state index in [1.807, 2.05) is 0 Å². The first-order chi connectivity index (χ1) is 12.1. The average Bonchev–Trinajstić information content (AvgIpc) is 2.97. The zero-order valence-electron chi connectivity index (χ0n) is 13.8. The van der Waals surface area contributed by atoms with Crippen LogP contribution in [0.3, 0.4) is 0 Å². The number of alkyl halides is 2. The van der Waals surface area contributed by atoms with Gasteiger partial charge in [-0.25, -0.2) is 13.1 Å². The molecule has 1 heterocycles. The predicted octanol–water partition coefficient (Wildman–Crippen LogP) is 2.23. The summed E-state index contributed by atoms with van der Waals surface area (Å²) in [7, 11) is -0.901. The van der Waals surface area contributed by atoms with Crippen molar-refractivity contribution in [2.24, 2.45) is 7.05 Å². The maximum absolute atomic E-state index is 12.5. The highest BCUT2D eigenvalue weighted by Gasteiger charge is 2.19. The Bertz CT molecular complexity index is 916. The number of benzene rings is 1. The van der Waals surface area contributed by atoms with E-state index < -0.39 is 22.5 Å². The van der Waals surface area contributed by atoms with Gasteiger partial charge in [0.15, 0.2) is 0 Å². The van der Waals surface area contributed by atoms with Crippen LogP contribution in [0.5, 0.6) is 5.75 Å². The number of sulfonamides is 1. The first kappa shape index (κ1) is 20.3. The molecule has 1 aromatic heterocycles. The molecular formula is C15H16BrF2N3O4S. The topological polar surface area (TPSA) is 89.4 Å². The monoisotopic (exact) mass is 451 g/mol. The fraction of sp³-hybridized carbons (Fsp3) is 0.267. The van der Waals surface area contributed by atoms with Gasteiger partial charge < -0.3 is 14.6 Å². The van der Waals surface area contributed by atoms with E-state index in [0.29, 0.717) is 10.0 Å². The molecule has 0 saturated carbocycles. The lowest BCUT2D eigenvalue weighted by atomic mass is 10.2. The van der Waals surface area contributed by atoms with Crippen LogP contribution in [-0.4, -0.2) is 32.6 Å². The largest absolute Gasteiger partial charge is 0.434 e. The third kappa shape index (κ3) is 4.80. The lowest BCUT2D eigenvalue weighted by Crippen LogP contribution is -2.25. The number of rotatable bonds is 7. The first-order valence-corrected chi connectivity index (χ1v) is 9.53. The molecule has 0 aliphatic carbocycles. The summed E-state index contributed by atoms with van der Waals surface area (Å²) in [6.45, 7) is -3.08. The van der Waals surface area contributed by atoms with Gasteiger partial charge in [0, 0.05) is 29.8 Å². The van der Waals surface area contributed by atoms with Gasteiger partial charge >= 0.3 is 6.61 Å². The summed E-state index contributed by atoms with van der Waals surface area (Å²) in [5.41, 5.74) is 0.440. The highest BCUT2D eigenvalue weighted by Crippen LogP contribution is 2.25. The van der Waals surface area contributed by atoms with E-state index >= 15 is 0 Å². The van der Waals surface area contributed by atoms with E-state index in [0.717, 1.165) is 0 Å². The standard InChI is InChI=1S/C15H16BrF2N3O4S/c1-19-26(23,24)11-6-12(21(2)8-11)14(22)20-7-9-5-10(16)3-4-13(9)25-15(17)18/h3-6,8,15,19H,7H2,1-2H3,(H,20,22). The molecule has 2 rings (SSSR count). The van der Waals surface area contributed by atoms with Gasteiger partial charge in [-0.2, -0.15) is 8.78 Å². The van der Waals surface area contributed by atoms with Crippen molar-refractivity contribution in [1.29, 1.82) is 0 Å². The number of aryl methyl sites for hydroxylation is 1. The molecule has 0 unspecified atom stereocenters. The normalized spacial score (nSPS) is 11.6. The Hall–Kier alpha value is -1.98. The van der Waals surface area contributed by atoms with Crippen LogP contribution >= 0.6 is 15.9 Å². The summed E-state index contributed by atoms with van der Waals surface area (Å²) in [5, 5.41) is 2.56. The molecule has 2 aromatic rings. The Balaban J connectivity index is 2.18. The molecule has 0 radical (unpaired) electrons. The molecule has 0 atom stereocenters. The molecule has 0 aliphatic heterocycles. The van der Waals surface area contributed by atoms with Crippen LogP contribution in [0.4, 0.5) is 8.78 Å². The van der Waals surface area contributed by atoms with Gasteiger partial charge in [0.25, 0.3) is 5.91 Å². The second-order valence-electron chi connectivity index (χ2n) is 5.19. The molecule has 0 spiro atoms. The average molecular weight is 452 g/mol. The van der Waals surface area contributed by atoms with E-state index in [1.165, 1.54) is 43.1 Å². The third-order valence-corrected chi connectivity index (χ3v) is 5.34. The van der Waals surface area contributed by atoms with Crippen LogP contribution in [0, 0.1) is 0 Å². The third-order valence-electron chi connectivity index (χ3n) is 3.47. The van der Waals surface area contributed by atoms with Crippen molar-refractivity contribution in [2.45, 2.75) is 18.1 Å². The SMILES string of the molecule is CNS(=O)(=O)c1cc(C(=O)NCc2cc(Br)ccc2OC(F)F)n(C)c1. The van der Waals surface area contributed by atoms with Gasteiger partial charge in [-0.05, 0) is 31.3 Å². The Morgan fingerprint density at radius 1 is 1.35 bits per heavy atom. The number of carbonyl (C=O) groups excluding carboxylic acids is 1. The Morgan fingerprint density at radius 2 is 2.04 bits per heavy atom. The van der Waals surface area contributed by atoms with Crippen molar-refractivity contribution in [1.82, 2.24) is 14.6 Å². The number of carbonyl (C=O) groups is 1. The summed E-state index contributed by atoms with van der Waals surface area (Å²) in [6, 6.07) is 5.66. The molecule has 2 N–H and O–H groups in total. The number of hydrogen-bond donors (Lipinski definition) is 2. The van der Waals surface area contributed by atoms with Crippen molar-refractivity contribution < 1.29 is 26.7 Å². The summed E-state index contributed by atoms with van der Waals surface area (Å²) in [4.78, 5) is 12.3. The van der Waals surface area contributed by atoms with Crippen molar-refractivity contribution in [2.75, 3.05) is 7.05 Å². The van der Waals surface area contributed by atoms with Crippen LogP contribution < -0.4 is 14.8 Å². The van der Waals surface area contributed by atoms with Crippen molar-refractivity contribution >= 4 is 31.9 Å². The van der Waals surface area contributed by atoms with E-state index in [-0.39, 0.29) is 22.9 Å². The van der Waals surface area contributed by atoms with Crippen LogP contribution in [0.1, 0.15) is 16.1 Å². The second-order valence-corrected chi connectivity index (χ2v) is 7.99. The molecule has 142 valence electrons. The number of halogens is 3. The van der Waals surface area contributed by atoms with Crippen LogP contribution in [-0.2, 0) is 23.6 Å². The smallest absolute Gasteiger partial charge is 0.387 e. The Labute approximate surface area is 157 Å². The van der Waals surface area contributed by atoms with E-state index in [2.05, 4.69) is 30.7 Å². The van der Waals surface area contributed by atoms with Crippen molar-refractivity contribution in [3.05, 3.63) is 46.2 Å². The zero-order valence-corrected chi connectivity index (χ0v) is 16.2. The highest BCUT2D eigenvalue weighted by molar-refractivity contribution is 9.10. The number of hydrogen-bond acceptors (Lipinski definition) is 4. The van der Waals surface area contributed by atoms with Gasteiger partial charge in [-0.3, -0.25) is 4.79 Å². The molecule has 0 bridgehead atoms. The summed E-state index contributed by atoms with van der Waals surface area (Å²) >= 11 is 3.23. The van der Waals surface area contributed by atoms with E-state index in [9.17, 15) is 22.0 Å². The molecule has 1 aromatic carbocycles. The minimum absolute atomic E-state index is 0.0585. The summed E-state index contributed by atoms with van der Waals surface area (Å²) in [5.74, 6) is -0.623. The fourth-order valence-electron chi connectivity index (χ4n) is 2.19. The number of aromatic nitrogens is 1. The van der Waals surface area contributed by atoms with Crippen molar-refractivity contribution in [3.63, 3.8) is 0 Å². The first-order valence-electron chi connectivity index (χ1n) is 7.25. The molecular weight excluding hydrogens is 436 g/mol. The lowest BCUT2D eigenvalue weighted by molar-refractivity contribution is -0.0504. The molecule has 7 nitrogen and oxygen atoms in total. The second kappa shape index (κ2) is 8.14. The maximum Gasteiger partial charge on any atom is 0.387 e. The van der Waals surface area contributed by atoms with Gasteiger partial charge in [-0.15, -0.1) is 0 Å². The molecule has 0 saturated heterocycles. The van der Waals surface area contributed by atoms with Crippen LogP contribution in [0.25, 0.3) is 0 Å². The maximum atomic E-state index is 12.5. The Kier molecular flexibility index (Phi) is 6.37. The van der Waals surface area contributed by atoms with Gasteiger partial charge in [-0.1, -0.05) is 15.9 Å². The minimum atomic E-state index is -3.69. The molecule has 11 heteroatoms. The molecule has 0 fully saturated rings. The van der Waals surface area contributed by atoms with Crippen molar-refractivity contribution in [3.8, 4) is 5.75 Å². The zero-order chi connectivity index (χ0) is 19.5.